The number of fused-ring (bicyclic) bond motifs is 1. The Balaban J connectivity index is 1.75. The van der Waals surface area contributed by atoms with Gasteiger partial charge in [-0.25, -0.2) is 4.98 Å². The summed E-state index contributed by atoms with van der Waals surface area (Å²) < 4.78 is 2.18. The zero-order chi connectivity index (χ0) is 19.3. The minimum absolute atomic E-state index is 0.145. The third kappa shape index (κ3) is 4.10. The number of piperazine rings is 1. The summed E-state index contributed by atoms with van der Waals surface area (Å²) in [6.07, 6.45) is 3.43. The Hall–Kier alpha value is -2.25. The number of aliphatic hydroxyl groups is 2. The van der Waals surface area contributed by atoms with E-state index in [2.05, 4.69) is 45.1 Å². The number of imidazole rings is 1. The number of pyridine rings is 1. The molecule has 148 valence electrons. The second-order valence-electron chi connectivity index (χ2n) is 7.34. The van der Waals surface area contributed by atoms with Crippen LogP contribution in [0.5, 0.6) is 0 Å². The first kappa shape index (κ1) is 19.1. The van der Waals surface area contributed by atoms with Crippen LogP contribution in [0.1, 0.15) is 16.8 Å². The standard InChI is InChI=1S/C22H28N4O2/c27-13-7-17-1-4-19(5-2-17)22-20(16-25-11-9-23-10-12-25)26-15-18(8-14-28)3-6-21(26)24-22/h1-6,15,23,27-28H,7-14,16H2. The minimum atomic E-state index is 0.145. The molecule has 6 heteroatoms. The van der Waals surface area contributed by atoms with Gasteiger partial charge in [0.1, 0.15) is 5.65 Å². The number of aliphatic hydroxyl groups excluding tert-OH is 2. The van der Waals surface area contributed by atoms with Gasteiger partial charge in [-0.1, -0.05) is 30.3 Å². The monoisotopic (exact) mass is 380 g/mol. The highest BCUT2D eigenvalue weighted by molar-refractivity contribution is 5.67. The van der Waals surface area contributed by atoms with Crippen molar-refractivity contribution in [3.8, 4) is 11.3 Å². The average Bonchev–Trinajstić information content (AvgIpc) is 3.08. The molecule has 4 rings (SSSR count). The maximum Gasteiger partial charge on any atom is 0.137 e. The van der Waals surface area contributed by atoms with Gasteiger partial charge in [-0.05, 0) is 30.0 Å². The number of benzene rings is 1. The number of hydrogen-bond donors (Lipinski definition) is 3. The SMILES string of the molecule is OCCc1ccc(-c2nc3ccc(CCO)cn3c2CN2CCNCC2)cc1. The highest BCUT2D eigenvalue weighted by Gasteiger charge is 2.19. The van der Waals surface area contributed by atoms with E-state index in [4.69, 9.17) is 10.1 Å². The molecule has 0 unspecified atom stereocenters. The van der Waals surface area contributed by atoms with E-state index in [0.717, 1.165) is 60.8 Å². The molecule has 0 amide bonds. The molecule has 0 radical (unpaired) electrons. The summed E-state index contributed by atoms with van der Waals surface area (Å²) in [6.45, 7) is 5.23. The molecule has 1 aliphatic rings. The minimum Gasteiger partial charge on any atom is -0.396 e. The third-order valence-electron chi connectivity index (χ3n) is 5.39. The summed E-state index contributed by atoms with van der Waals surface area (Å²) >= 11 is 0. The van der Waals surface area contributed by atoms with E-state index in [1.165, 1.54) is 5.69 Å². The average molecular weight is 380 g/mol. The topological polar surface area (TPSA) is 73.0 Å². The molecule has 1 saturated heterocycles. The van der Waals surface area contributed by atoms with Crippen LogP contribution < -0.4 is 5.32 Å². The highest BCUT2D eigenvalue weighted by Crippen LogP contribution is 2.27. The fraction of sp³-hybridized carbons (Fsp3) is 0.409. The maximum atomic E-state index is 9.32. The van der Waals surface area contributed by atoms with E-state index >= 15 is 0 Å². The second kappa shape index (κ2) is 8.84. The predicted molar refractivity (Wildman–Crippen MR) is 110 cm³/mol. The van der Waals surface area contributed by atoms with Crippen LogP contribution in [0.4, 0.5) is 0 Å². The second-order valence-corrected chi connectivity index (χ2v) is 7.34. The molecular formula is C22H28N4O2. The van der Waals surface area contributed by atoms with Crippen LogP contribution in [0.2, 0.25) is 0 Å². The first-order valence-corrected chi connectivity index (χ1v) is 10.0. The van der Waals surface area contributed by atoms with Gasteiger partial charge >= 0.3 is 0 Å². The Bertz CT molecular complexity index is 914. The zero-order valence-electron chi connectivity index (χ0n) is 16.1. The molecule has 28 heavy (non-hydrogen) atoms. The van der Waals surface area contributed by atoms with Gasteiger partial charge in [-0.2, -0.15) is 0 Å². The van der Waals surface area contributed by atoms with Gasteiger partial charge in [0.15, 0.2) is 0 Å². The van der Waals surface area contributed by atoms with Crippen LogP contribution >= 0.6 is 0 Å². The molecule has 0 atom stereocenters. The van der Waals surface area contributed by atoms with Crippen molar-refractivity contribution in [3.63, 3.8) is 0 Å². The highest BCUT2D eigenvalue weighted by atomic mass is 16.3. The lowest BCUT2D eigenvalue weighted by Crippen LogP contribution is -2.43. The van der Waals surface area contributed by atoms with Gasteiger partial charge in [0.05, 0.1) is 11.4 Å². The summed E-state index contributed by atoms with van der Waals surface area (Å²) in [4.78, 5) is 7.39. The van der Waals surface area contributed by atoms with Crippen LogP contribution in [-0.2, 0) is 19.4 Å². The summed E-state index contributed by atoms with van der Waals surface area (Å²) in [7, 11) is 0. The van der Waals surface area contributed by atoms with Crippen LogP contribution in [0, 0.1) is 0 Å². The van der Waals surface area contributed by atoms with Crippen molar-refractivity contribution >= 4 is 5.65 Å². The Kier molecular flexibility index (Phi) is 6.02. The first-order valence-electron chi connectivity index (χ1n) is 10.0. The zero-order valence-corrected chi connectivity index (χ0v) is 16.1. The van der Waals surface area contributed by atoms with E-state index in [1.807, 2.05) is 12.1 Å². The van der Waals surface area contributed by atoms with E-state index in [-0.39, 0.29) is 13.2 Å². The van der Waals surface area contributed by atoms with Crippen LogP contribution in [0.25, 0.3) is 16.9 Å². The molecule has 2 aromatic heterocycles. The first-order chi connectivity index (χ1) is 13.8. The van der Waals surface area contributed by atoms with E-state index in [0.29, 0.717) is 12.8 Å². The molecular weight excluding hydrogens is 352 g/mol. The van der Waals surface area contributed by atoms with Crippen molar-refractivity contribution in [2.45, 2.75) is 19.4 Å². The molecule has 0 aliphatic carbocycles. The largest absolute Gasteiger partial charge is 0.396 e. The Morgan fingerprint density at radius 2 is 1.57 bits per heavy atom. The molecule has 0 saturated carbocycles. The number of hydrogen-bond acceptors (Lipinski definition) is 5. The Morgan fingerprint density at radius 3 is 2.29 bits per heavy atom. The normalized spacial score (nSPS) is 15.4. The number of aromatic nitrogens is 2. The predicted octanol–water partition coefficient (Wildman–Crippen LogP) is 1.48. The number of nitrogens with zero attached hydrogens (tertiary/aromatic N) is 3. The summed E-state index contributed by atoms with van der Waals surface area (Å²) in [6, 6.07) is 12.4. The number of rotatable bonds is 7. The molecule has 3 aromatic rings. The fourth-order valence-corrected chi connectivity index (χ4v) is 3.84. The lowest BCUT2D eigenvalue weighted by Gasteiger charge is -2.27. The molecule has 3 N–H and O–H groups in total. The molecule has 1 aromatic carbocycles. The van der Waals surface area contributed by atoms with Crippen LogP contribution in [-0.4, -0.2) is 63.9 Å². The van der Waals surface area contributed by atoms with Crippen molar-refractivity contribution in [3.05, 3.63) is 59.4 Å². The molecule has 6 nitrogen and oxygen atoms in total. The van der Waals surface area contributed by atoms with Crippen LogP contribution in [0.15, 0.2) is 42.6 Å². The fourth-order valence-electron chi connectivity index (χ4n) is 3.84. The van der Waals surface area contributed by atoms with E-state index in [9.17, 15) is 5.11 Å². The van der Waals surface area contributed by atoms with Crippen molar-refractivity contribution < 1.29 is 10.2 Å². The van der Waals surface area contributed by atoms with Gasteiger partial charge in [-0.15, -0.1) is 0 Å². The molecule has 0 bridgehead atoms. The Morgan fingerprint density at radius 1 is 0.893 bits per heavy atom. The maximum absolute atomic E-state index is 9.32. The van der Waals surface area contributed by atoms with Gasteiger partial charge in [0, 0.05) is 57.7 Å². The van der Waals surface area contributed by atoms with Crippen molar-refractivity contribution in [1.29, 1.82) is 0 Å². The van der Waals surface area contributed by atoms with Crippen molar-refractivity contribution in [2.24, 2.45) is 0 Å². The van der Waals surface area contributed by atoms with E-state index in [1.54, 1.807) is 0 Å². The molecule has 1 fully saturated rings. The van der Waals surface area contributed by atoms with Crippen molar-refractivity contribution in [1.82, 2.24) is 19.6 Å². The smallest absolute Gasteiger partial charge is 0.137 e. The Labute approximate surface area is 165 Å². The van der Waals surface area contributed by atoms with Crippen molar-refractivity contribution in [2.75, 3.05) is 39.4 Å². The van der Waals surface area contributed by atoms with Gasteiger partial charge in [0.2, 0.25) is 0 Å². The summed E-state index contributed by atoms with van der Waals surface area (Å²) in [5.74, 6) is 0. The third-order valence-corrected chi connectivity index (χ3v) is 5.39. The van der Waals surface area contributed by atoms with Gasteiger partial charge in [-0.3, -0.25) is 4.90 Å². The summed E-state index contributed by atoms with van der Waals surface area (Å²) in [5.41, 5.74) is 6.46. The van der Waals surface area contributed by atoms with Crippen LogP contribution in [0.3, 0.4) is 0 Å². The quantitative estimate of drug-likeness (QED) is 0.579. The van der Waals surface area contributed by atoms with Gasteiger partial charge < -0.3 is 19.9 Å². The molecule has 0 spiro atoms. The lowest BCUT2D eigenvalue weighted by molar-refractivity contribution is 0.230. The summed E-state index contributed by atoms with van der Waals surface area (Å²) in [5, 5.41) is 21.9. The van der Waals surface area contributed by atoms with Gasteiger partial charge in [0.25, 0.3) is 0 Å². The lowest BCUT2D eigenvalue weighted by atomic mass is 10.1. The number of nitrogens with one attached hydrogen (secondary N) is 1. The molecule has 1 aliphatic heterocycles. The van der Waals surface area contributed by atoms with E-state index < -0.39 is 0 Å². The molecule has 3 heterocycles.